The van der Waals surface area contributed by atoms with Crippen LogP contribution in [0.25, 0.3) is 0 Å². The van der Waals surface area contributed by atoms with Gasteiger partial charge < -0.3 is 5.32 Å². The minimum absolute atomic E-state index is 0.645. The molecule has 2 nitrogen and oxygen atoms in total. The van der Waals surface area contributed by atoms with Crippen molar-refractivity contribution in [1.29, 1.82) is 0 Å². The molecule has 0 radical (unpaired) electrons. The Bertz CT molecular complexity index is 421. The van der Waals surface area contributed by atoms with Crippen LogP contribution in [0.1, 0.15) is 45.2 Å². The molecule has 1 aliphatic carbocycles. The van der Waals surface area contributed by atoms with Crippen molar-refractivity contribution in [1.82, 2.24) is 10.3 Å². The van der Waals surface area contributed by atoms with Gasteiger partial charge in [0.15, 0.2) is 0 Å². The first-order valence-corrected chi connectivity index (χ1v) is 8.70. The largest absolute Gasteiger partial charge is 0.308 e. The van der Waals surface area contributed by atoms with E-state index in [1.807, 2.05) is 6.20 Å². The van der Waals surface area contributed by atoms with Crippen LogP contribution in [0.3, 0.4) is 0 Å². The predicted molar refractivity (Wildman–Crippen MR) is 87.1 cm³/mol. The lowest BCUT2D eigenvalue weighted by molar-refractivity contribution is 0.204. The monoisotopic (exact) mass is 388 g/mol. The van der Waals surface area contributed by atoms with Gasteiger partial charge in [-0.15, -0.1) is 0 Å². The van der Waals surface area contributed by atoms with Crippen LogP contribution in [0.15, 0.2) is 21.2 Å². The van der Waals surface area contributed by atoms with E-state index in [9.17, 15) is 0 Å². The van der Waals surface area contributed by atoms with Crippen LogP contribution in [0.2, 0.25) is 0 Å². The maximum absolute atomic E-state index is 4.48. The topological polar surface area (TPSA) is 24.9 Å². The molecule has 1 aromatic rings. The van der Waals surface area contributed by atoms with Crippen molar-refractivity contribution in [2.75, 3.05) is 0 Å². The van der Waals surface area contributed by atoms with Crippen LogP contribution in [-0.4, -0.2) is 11.0 Å². The van der Waals surface area contributed by atoms with Crippen molar-refractivity contribution in [3.8, 4) is 0 Å². The summed E-state index contributed by atoms with van der Waals surface area (Å²) in [6, 6.07) is 2.70. The Morgan fingerprint density at radius 3 is 2.74 bits per heavy atom. The summed E-state index contributed by atoms with van der Waals surface area (Å²) in [5.74, 6) is 1.57. The number of pyridine rings is 1. The van der Waals surface area contributed by atoms with Crippen molar-refractivity contribution in [3.05, 3.63) is 26.9 Å². The summed E-state index contributed by atoms with van der Waals surface area (Å²) in [6.45, 7) is 5.54. The summed E-state index contributed by atoms with van der Waals surface area (Å²) < 4.78 is 2.09. The number of nitrogens with one attached hydrogen (secondary N) is 1. The highest BCUT2D eigenvalue weighted by Gasteiger charge is 2.27. The highest BCUT2D eigenvalue weighted by molar-refractivity contribution is 9.11. The summed E-state index contributed by atoms with van der Waals surface area (Å²) in [4.78, 5) is 4.48. The highest BCUT2D eigenvalue weighted by Crippen LogP contribution is 2.30. The molecule has 4 heteroatoms. The maximum Gasteiger partial charge on any atom is 0.0684 e. The first kappa shape index (κ1) is 15.5. The molecule has 0 spiro atoms. The molecule has 2 unspecified atom stereocenters. The van der Waals surface area contributed by atoms with Gasteiger partial charge in [0.05, 0.1) is 5.69 Å². The quantitative estimate of drug-likeness (QED) is 0.791. The van der Waals surface area contributed by atoms with E-state index in [0.29, 0.717) is 6.04 Å². The van der Waals surface area contributed by atoms with Gasteiger partial charge in [0.25, 0.3) is 0 Å². The van der Waals surface area contributed by atoms with Crippen molar-refractivity contribution in [2.24, 2.45) is 11.8 Å². The molecular weight excluding hydrogens is 368 g/mol. The molecule has 19 heavy (non-hydrogen) atoms. The number of nitrogens with zero attached hydrogens (tertiary/aromatic N) is 1. The second-order valence-corrected chi connectivity index (χ2v) is 7.53. The first-order chi connectivity index (χ1) is 9.08. The first-order valence-electron chi connectivity index (χ1n) is 7.11. The Balaban J connectivity index is 1.96. The summed E-state index contributed by atoms with van der Waals surface area (Å²) in [7, 11) is 0. The third-order valence-electron chi connectivity index (χ3n) is 4.09. The predicted octanol–water partition coefficient (Wildman–Crippen LogP) is 4.91. The zero-order valence-electron chi connectivity index (χ0n) is 11.6. The number of halogens is 2. The molecule has 0 aliphatic heterocycles. The minimum Gasteiger partial charge on any atom is -0.308 e. The summed E-state index contributed by atoms with van der Waals surface area (Å²) >= 11 is 7.02. The zero-order valence-corrected chi connectivity index (χ0v) is 14.8. The Kier molecular flexibility index (Phi) is 5.85. The van der Waals surface area contributed by atoms with Gasteiger partial charge in [-0.25, -0.2) is 0 Å². The molecule has 1 fully saturated rings. The zero-order chi connectivity index (χ0) is 13.8. The third kappa shape index (κ3) is 4.27. The van der Waals surface area contributed by atoms with Crippen molar-refractivity contribution in [3.63, 3.8) is 0 Å². The summed E-state index contributed by atoms with van der Waals surface area (Å²) in [6.07, 6.45) is 7.28. The smallest absolute Gasteiger partial charge is 0.0684 e. The molecule has 0 aromatic carbocycles. The molecule has 0 bridgehead atoms. The van der Waals surface area contributed by atoms with Gasteiger partial charge in [0.2, 0.25) is 0 Å². The number of rotatable bonds is 4. The number of hydrogen-bond acceptors (Lipinski definition) is 2. The van der Waals surface area contributed by atoms with E-state index in [2.05, 4.69) is 62.1 Å². The Labute approximate surface area is 133 Å². The Morgan fingerprint density at radius 2 is 2.05 bits per heavy atom. The average Bonchev–Trinajstić information content (AvgIpc) is 2.38. The van der Waals surface area contributed by atoms with Crippen LogP contribution in [-0.2, 0) is 6.54 Å². The normalized spacial score (nSPS) is 23.8. The van der Waals surface area contributed by atoms with E-state index in [1.165, 1.54) is 25.7 Å². The molecule has 2 atom stereocenters. The van der Waals surface area contributed by atoms with Crippen molar-refractivity contribution >= 4 is 31.9 Å². The lowest BCUT2D eigenvalue weighted by Gasteiger charge is -2.35. The van der Waals surface area contributed by atoms with Gasteiger partial charge in [0.1, 0.15) is 0 Å². The van der Waals surface area contributed by atoms with E-state index in [0.717, 1.165) is 33.0 Å². The molecule has 0 saturated heterocycles. The molecule has 1 saturated carbocycles. The van der Waals surface area contributed by atoms with E-state index < -0.39 is 0 Å². The highest BCUT2D eigenvalue weighted by atomic mass is 79.9. The second-order valence-electron chi connectivity index (χ2n) is 5.76. The van der Waals surface area contributed by atoms with E-state index in [-0.39, 0.29) is 0 Å². The standard InChI is InChI=1S/C15H22Br2N2/c1-10(2)12-5-3-4-6-14(12)19-9-15-13(17)7-11(16)8-18-15/h7-8,10,12,14,19H,3-6,9H2,1-2H3. The van der Waals surface area contributed by atoms with E-state index >= 15 is 0 Å². The molecule has 0 amide bonds. The fourth-order valence-electron chi connectivity index (χ4n) is 3.01. The van der Waals surface area contributed by atoms with Crippen LogP contribution in [0.5, 0.6) is 0 Å². The molecule has 1 N–H and O–H groups in total. The van der Waals surface area contributed by atoms with Gasteiger partial charge in [-0.3, -0.25) is 4.98 Å². The molecule has 1 aliphatic rings. The maximum atomic E-state index is 4.48. The number of hydrogen-bond donors (Lipinski definition) is 1. The van der Waals surface area contributed by atoms with Gasteiger partial charge >= 0.3 is 0 Å². The van der Waals surface area contributed by atoms with Gasteiger partial charge in [-0.05, 0) is 62.6 Å². The molecule has 2 rings (SSSR count). The molecule has 1 heterocycles. The average molecular weight is 390 g/mol. The SMILES string of the molecule is CC(C)C1CCCCC1NCc1ncc(Br)cc1Br. The van der Waals surface area contributed by atoms with Gasteiger partial charge in [-0.2, -0.15) is 0 Å². The lowest BCUT2D eigenvalue weighted by atomic mass is 9.78. The summed E-state index contributed by atoms with van der Waals surface area (Å²) in [5.41, 5.74) is 1.09. The Hall–Kier alpha value is 0.0700. The van der Waals surface area contributed by atoms with Crippen molar-refractivity contribution in [2.45, 2.75) is 52.1 Å². The molecule has 1 aromatic heterocycles. The Morgan fingerprint density at radius 1 is 1.32 bits per heavy atom. The van der Waals surface area contributed by atoms with E-state index in [4.69, 9.17) is 0 Å². The molecular formula is C15H22Br2N2. The van der Waals surface area contributed by atoms with Crippen LogP contribution < -0.4 is 5.32 Å². The van der Waals surface area contributed by atoms with Crippen LogP contribution in [0.4, 0.5) is 0 Å². The van der Waals surface area contributed by atoms with Gasteiger partial charge in [-0.1, -0.05) is 26.7 Å². The molecule has 106 valence electrons. The summed E-state index contributed by atoms with van der Waals surface area (Å²) in [5, 5.41) is 3.72. The second kappa shape index (κ2) is 7.19. The van der Waals surface area contributed by atoms with Crippen LogP contribution in [0, 0.1) is 11.8 Å². The lowest BCUT2D eigenvalue weighted by Crippen LogP contribution is -2.40. The fraction of sp³-hybridized carbons (Fsp3) is 0.667. The van der Waals surface area contributed by atoms with Crippen LogP contribution >= 0.6 is 31.9 Å². The van der Waals surface area contributed by atoms with Crippen molar-refractivity contribution < 1.29 is 0 Å². The third-order valence-corrected chi connectivity index (χ3v) is 5.21. The fourth-order valence-corrected chi connectivity index (χ4v) is 4.14. The number of aromatic nitrogens is 1. The van der Waals surface area contributed by atoms with E-state index in [1.54, 1.807) is 0 Å². The minimum atomic E-state index is 0.645. The van der Waals surface area contributed by atoms with Gasteiger partial charge in [0, 0.05) is 27.7 Å².